The van der Waals surface area contributed by atoms with Crippen LogP contribution in [0.4, 0.5) is 0 Å². The zero-order valence-corrected chi connectivity index (χ0v) is 41.1. The third kappa shape index (κ3) is 48.4. The van der Waals surface area contributed by atoms with Gasteiger partial charge in [-0.2, -0.15) is 0 Å². The van der Waals surface area contributed by atoms with Gasteiger partial charge in [-0.05, 0) is 89.9 Å². The van der Waals surface area contributed by atoms with E-state index in [1.807, 2.05) is 6.08 Å². The molecule has 0 aliphatic rings. The number of ether oxygens (including phenoxy) is 3. The summed E-state index contributed by atoms with van der Waals surface area (Å²) in [5.74, 6) is -0.981. The first-order valence-electron chi connectivity index (χ1n) is 26.6. The van der Waals surface area contributed by atoms with Gasteiger partial charge < -0.3 is 14.2 Å². The number of esters is 3. The van der Waals surface area contributed by atoms with Crippen LogP contribution in [0.3, 0.4) is 0 Å². The highest BCUT2D eigenvalue weighted by Crippen LogP contribution is 2.14. The first-order chi connectivity index (χ1) is 30.5. The standard InChI is InChI=1S/C56H100O6/c1-4-7-10-13-16-19-22-25-27-28-29-32-34-37-40-43-46-49-55(58)61-52-53(51-60-54(57)48-45-42-39-36-33-30-24-21-18-15-12-9-6-3)62-56(59)50-47-44-41-38-35-31-26-23-20-17-14-11-8-5-2/h25,27,30-31,33,35,39,42,53H,4-24,26,28-29,32,34,36-38,40-41,43-52H2,1-3H3/b27-25+,33-30+,35-31+,42-39+. The van der Waals surface area contributed by atoms with Crippen LogP contribution in [-0.4, -0.2) is 37.2 Å². The Hall–Kier alpha value is -2.63. The minimum Gasteiger partial charge on any atom is -0.462 e. The van der Waals surface area contributed by atoms with Crippen molar-refractivity contribution in [3.8, 4) is 0 Å². The van der Waals surface area contributed by atoms with Gasteiger partial charge in [0.2, 0.25) is 0 Å². The van der Waals surface area contributed by atoms with E-state index in [-0.39, 0.29) is 37.5 Å². The molecular formula is C56H100O6. The maximum absolute atomic E-state index is 12.8. The predicted octanol–water partition coefficient (Wildman–Crippen LogP) is 17.5. The maximum atomic E-state index is 12.8. The van der Waals surface area contributed by atoms with Crippen molar-refractivity contribution in [3.05, 3.63) is 48.6 Å². The molecule has 360 valence electrons. The van der Waals surface area contributed by atoms with Gasteiger partial charge in [-0.3, -0.25) is 14.4 Å². The van der Waals surface area contributed by atoms with Crippen molar-refractivity contribution in [1.82, 2.24) is 0 Å². The second kappa shape index (κ2) is 51.0. The zero-order valence-electron chi connectivity index (χ0n) is 41.1. The van der Waals surface area contributed by atoms with Crippen LogP contribution in [0.2, 0.25) is 0 Å². The van der Waals surface area contributed by atoms with E-state index in [1.165, 1.54) is 161 Å². The Morgan fingerprint density at radius 1 is 0.323 bits per heavy atom. The van der Waals surface area contributed by atoms with Crippen LogP contribution in [0.25, 0.3) is 0 Å². The summed E-state index contributed by atoms with van der Waals surface area (Å²) in [6.45, 7) is 6.57. The Labute approximate surface area is 384 Å². The lowest BCUT2D eigenvalue weighted by Gasteiger charge is -2.18. The molecule has 1 unspecified atom stereocenters. The highest BCUT2D eigenvalue weighted by molar-refractivity contribution is 5.71. The van der Waals surface area contributed by atoms with Gasteiger partial charge in [0, 0.05) is 19.3 Å². The summed E-state index contributed by atoms with van der Waals surface area (Å²) in [4.78, 5) is 37.9. The molecule has 0 aromatic heterocycles. The zero-order chi connectivity index (χ0) is 45.1. The van der Waals surface area contributed by atoms with Gasteiger partial charge in [0.1, 0.15) is 13.2 Å². The summed E-state index contributed by atoms with van der Waals surface area (Å²) >= 11 is 0. The first kappa shape index (κ1) is 59.4. The van der Waals surface area contributed by atoms with E-state index in [0.29, 0.717) is 19.3 Å². The van der Waals surface area contributed by atoms with Gasteiger partial charge >= 0.3 is 17.9 Å². The van der Waals surface area contributed by atoms with E-state index < -0.39 is 6.10 Å². The van der Waals surface area contributed by atoms with Crippen molar-refractivity contribution in [2.45, 2.75) is 277 Å². The molecule has 62 heavy (non-hydrogen) atoms. The number of hydrogen-bond donors (Lipinski definition) is 0. The third-order valence-electron chi connectivity index (χ3n) is 11.5. The average molecular weight is 869 g/mol. The number of hydrogen-bond acceptors (Lipinski definition) is 6. The predicted molar refractivity (Wildman–Crippen MR) is 265 cm³/mol. The maximum Gasteiger partial charge on any atom is 0.306 e. The quantitative estimate of drug-likeness (QED) is 0.0262. The van der Waals surface area contributed by atoms with Crippen molar-refractivity contribution in [1.29, 1.82) is 0 Å². The largest absolute Gasteiger partial charge is 0.462 e. The van der Waals surface area contributed by atoms with Gasteiger partial charge in [0.15, 0.2) is 6.10 Å². The van der Waals surface area contributed by atoms with Crippen molar-refractivity contribution in [2.24, 2.45) is 0 Å². The summed E-state index contributed by atoms with van der Waals surface area (Å²) in [5.41, 5.74) is 0. The average Bonchev–Trinajstić information content (AvgIpc) is 3.27. The molecule has 0 bridgehead atoms. The molecular weight excluding hydrogens is 769 g/mol. The number of allylic oxidation sites excluding steroid dienone is 8. The van der Waals surface area contributed by atoms with Crippen LogP contribution in [0.15, 0.2) is 48.6 Å². The Morgan fingerprint density at radius 3 is 1.02 bits per heavy atom. The molecule has 0 saturated heterocycles. The van der Waals surface area contributed by atoms with Gasteiger partial charge in [0.25, 0.3) is 0 Å². The van der Waals surface area contributed by atoms with Crippen LogP contribution >= 0.6 is 0 Å². The van der Waals surface area contributed by atoms with Crippen molar-refractivity contribution >= 4 is 17.9 Å². The molecule has 0 rings (SSSR count). The van der Waals surface area contributed by atoms with E-state index in [9.17, 15) is 14.4 Å². The van der Waals surface area contributed by atoms with E-state index in [1.54, 1.807) is 0 Å². The van der Waals surface area contributed by atoms with Crippen LogP contribution in [0.5, 0.6) is 0 Å². The van der Waals surface area contributed by atoms with Gasteiger partial charge in [-0.25, -0.2) is 0 Å². The summed E-state index contributed by atoms with van der Waals surface area (Å²) in [6, 6.07) is 0. The smallest absolute Gasteiger partial charge is 0.306 e. The molecule has 0 N–H and O–H groups in total. The molecule has 0 aliphatic carbocycles. The molecule has 0 aromatic carbocycles. The molecule has 0 saturated carbocycles. The second-order valence-electron chi connectivity index (χ2n) is 17.8. The molecule has 6 heteroatoms. The molecule has 0 amide bonds. The lowest BCUT2D eigenvalue weighted by Crippen LogP contribution is -2.30. The Kier molecular flexibility index (Phi) is 48.8. The minimum atomic E-state index is -0.803. The van der Waals surface area contributed by atoms with Crippen molar-refractivity contribution < 1.29 is 28.6 Å². The highest BCUT2D eigenvalue weighted by Gasteiger charge is 2.19. The first-order valence-corrected chi connectivity index (χ1v) is 26.6. The topological polar surface area (TPSA) is 78.9 Å². The Morgan fingerprint density at radius 2 is 0.613 bits per heavy atom. The summed E-state index contributed by atoms with van der Waals surface area (Å²) in [6.07, 6.45) is 61.1. The highest BCUT2D eigenvalue weighted by atomic mass is 16.6. The van der Waals surface area contributed by atoms with Crippen LogP contribution in [-0.2, 0) is 28.6 Å². The number of carbonyl (C=O) groups is 3. The van der Waals surface area contributed by atoms with Crippen LogP contribution < -0.4 is 0 Å². The van der Waals surface area contributed by atoms with Crippen LogP contribution in [0, 0.1) is 0 Å². The molecule has 0 fully saturated rings. The monoisotopic (exact) mass is 869 g/mol. The van der Waals surface area contributed by atoms with E-state index in [2.05, 4.69) is 63.3 Å². The Bertz CT molecular complexity index is 1090. The van der Waals surface area contributed by atoms with Gasteiger partial charge in [-0.1, -0.05) is 211 Å². The fraction of sp³-hybridized carbons (Fsp3) is 0.804. The van der Waals surface area contributed by atoms with E-state index >= 15 is 0 Å². The molecule has 6 nitrogen and oxygen atoms in total. The second-order valence-corrected chi connectivity index (χ2v) is 17.8. The molecule has 0 spiro atoms. The lowest BCUT2D eigenvalue weighted by molar-refractivity contribution is -0.166. The summed E-state index contributed by atoms with van der Waals surface area (Å²) in [5, 5.41) is 0. The lowest BCUT2D eigenvalue weighted by atomic mass is 10.1. The molecule has 1 atom stereocenters. The van der Waals surface area contributed by atoms with Gasteiger partial charge in [0.05, 0.1) is 0 Å². The van der Waals surface area contributed by atoms with Crippen LogP contribution in [0.1, 0.15) is 271 Å². The number of unbranched alkanes of at least 4 members (excludes halogenated alkanes) is 29. The SMILES string of the molecule is CCCCCCCC/C=C/C/C=C/CCC(=O)OCC(COC(=O)CCCCCCCCC/C=C/CCCCCCCC)OC(=O)CCCCC/C=C/CCCCCCCCC. The minimum absolute atomic E-state index is 0.0974. The molecule has 0 aliphatic heterocycles. The fourth-order valence-electron chi connectivity index (χ4n) is 7.48. The Balaban J connectivity index is 4.43. The fourth-order valence-corrected chi connectivity index (χ4v) is 7.48. The normalized spacial score (nSPS) is 12.4. The molecule has 0 aromatic rings. The number of carbonyl (C=O) groups excluding carboxylic acids is 3. The molecule has 0 heterocycles. The third-order valence-corrected chi connectivity index (χ3v) is 11.5. The van der Waals surface area contributed by atoms with Crippen molar-refractivity contribution in [3.63, 3.8) is 0 Å². The van der Waals surface area contributed by atoms with E-state index in [0.717, 1.165) is 64.2 Å². The summed E-state index contributed by atoms with van der Waals surface area (Å²) < 4.78 is 16.7. The van der Waals surface area contributed by atoms with Gasteiger partial charge in [-0.15, -0.1) is 0 Å². The summed E-state index contributed by atoms with van der Waals surface area (Å²) in [7, 11) is 0. The van der Waals surface area contributed by atoms with Crippen molar-refractivity contribution in [2.75, 3.05) is 13.2 Å². The van der Waals surface area contributed by atoms with E-state index in [4.69, 9.17) is 14.2 Å². The molecule has 0 radical (unpaired) electrons. The number of rotatable bonds is 48.